The molecule has 0 amide bonds. The zero-order valence-corrected chi connectivity index (χ0v) is 13.1. The maximum Gasteiger partial charge on any atom is 0.167 e. The summed E-state index contributed by atoms with van der Waals surface area (Å²) in [4.78, 5) is 12.7. The number of hydrogen-bond donors (Lipinski definition) is 0. The van der Waals surface area contributed by atoms with E-state index < -0.39 is 0 Å². The van der Waals surface area contributed by atoms with Crippen LogP contribution in [-0.2, 0) is 6.42 Å². The zero-order chi connectivity index (χ0) is 14.4. The molecule has 1 aliphatic rings. The fraction of sp³-hybridized carbons (Fsp3) is 0.611. The minimum Gasteiger partial charge on any atom is -0.294 e. The summed E-state index contributed by atoms with van der Waals surface area (Å²) in [7, 11) is 0. The van der Waals surface area contributed by atoms with Crippen LogP contribution >= 0.6 is 0 Å². The fourth-order valence-corrected chi connectivity index (χ4v) is 3.34. The van der Waals surface area contributed by atoms with Gasteiger partial charge in [0.25, 0.3) is 0 Å². The smallest absolute Gasteiger partial charge is 0.167 e. The average Bonchev–Trinajstić information content (AvgIpc) is 2.68. The lowest BCUT2D eigenvalue weighted by Gasteiger charge is -2.08. The Hall–Kier alpha value is -1.11. The minimum atomic E-state index is 0.123. The van der Waals surface area contributed by atoms with E-state index in [4.69, 9.17) is 0 Å². The van der Waals surface area contributed by atoms with Crippen LogP contribution in [0.25, 0.3) is 0 Å². The van der Waals surface area contributed by atoms with E-state index >= 15 is 0 Å². The molecule has 1 heteroatoms. The lowest BCUT2D eigenvalue weighted by molar-refractivity contribution is 0.0945. The SMILES string of the molecule is CC(C)Cc1cccc(C(=O)C2C(C)(C)C2(C)C)c1. The molecule has 19 heavy (non-hydrogen) atoms. The van der Waals surface area contributed by atoms with Crippen molar-refractivity contribution in [1.29, 1.82) is 0 Å². The molecule has 0 spiro atoms. The van der Waals surface area contributed by atoms with E-state index in [1.807, 2.05) is 12.1 Å². The van der Waals surface area contributed by atoms with Crippen molar-refractivity contribution in [3.63, 3.8) is 0 Å². The summed E-state index contributed by atoms with van der Waals surface area (Å²) in [6, 6.07) is 8.21. The summed E-state index contributed by atoms with van der Waals surface area (Å²) in [6.07, 6.45) is 1.04. The standard InChI is InChI=1S/C18H26O/c1-12(2)10-13-8-7-9-14(11-13)15(19)16-17(3,4)18(16,5)6/h7-9,11-12,16H,10H2,1-6H3. The van der Waals surface area contributed by atoms with Gasteiger partial charge in [0.2, 0.25) is 0 Å². The largest absolute Gasteiger partial charge is 0.294 e. The second kappa shape index (κ2) is 4.47. The summed E-state index contributed by atoms with van der Waals surface area (Å²) >= 11 is 0. The van der Waals surface area contributed by atoms with Gasteiger partial charge in [-0.25, -0.2) is 0 Å². The van der Waals surface area contributed by atoms with E-state index in [0.29, 0.717) is 11.7 Å². The number of benzene rings is 1. The van der Waals surface area contributed by atoms with Crippen LogP contribution in [0, 0.1) is 22.7 Å². The molecule has 1 fully saturated rings. The highest BCUT2D eigenvalue weighted by molar-refractivity contribution is 6.01. The van der Waals surface area contributed by atoms with Gasteiger partial charge in [0.1, 0.15) is 0 Å². The highest BCUT2D eigenvalue weighted by Crippen LogP contribution is 2.69. The van der Waals surface area contributed by atoms with Gasteiger partial charge < -0.3 is 0 Å². The molecule has 0 atom stereocenters. The third-order valence-corrected chi connectivity index (χ3v) is 5.14. The van der Waals surface area contributed by atoms with E-state index in [1.165, 1.54) is 5.56 Å². The lowest BCUT2D eigenvalue weighted by atomic mass is 9.96. The third kappa shape index (κ3) is 2.35. The first-order valence-electron chi connectivity index (χ1n) is 7.31. The summed E-state index contributed by atoms with van der Waals surface area (Å²) in [5, 5.41) is 0. The number of hydrogen-bond acceptors (Lipinski definition) is 1. The Morgan fingerprint density at radius 1 is 1.16 bits per heavy atom. The van der Waals surface area contributed by atoms with Gasteiger partial charge in [-0.3, -0.25) is 4.79 Å². The van der Waals surface area contributed by atoms with Crippen molar-refractivity contribution in [1.82, 2.24) is 0 Å². The third-order valence-electron chi connectivity index (χ3n) is 5.14. The summed E-state index contributed by atoms with van der Waals surface area (Å²) in [5.74, 6) is 1.11. The van der Waals surface area contributed by atoms with Crippen molar-refractivity contribution in [2.75, 3.05) is 0 Å². The molecule has 1 aliphatic carbocycles. The van der Waals surface area contributed by atoms with Crippen LogP contribution in [0.5, 0.6) is 0 Å². The van der Waals surface area contributed by atoms with Crippen LogP contribution in [0.2, 0.25) is 0 Å². The Morgan fingerprint density at radius 3 is 2.21 bits per heavy atom. The Balaban J connectivity index is 2.22. The fourth-order valence-electron chi connectivity index (χ4n) is 3.34. The number of Topliss-reactive ketones (excluding diaryl/α,β-unsaturated/α-hetero) is 1. The molecule has 1 saturated carbocycles. The van der Waals surface area contributed by atoms with Crippen molar-refractivity contribution < 1.29 is 4.79 Å². The maximum absolute atomic E-state index is 12.7. The van der Waals surface area contributed by atoms with Crippen molar-refractivity contribution in [3.8, 4) is 0 Å². The molecule has 0 saturated heterocycles. The van der Waals surface area contributed by atoms with E-state index in [2.05, 4.69) is 53.7 Å². The normalized spacial score (nSPS) is 20.6. The van der Waals surface area contributed by atoms with Crippen molar-refractivity contribution in [3.05, 3.63) is 35.4 Å². The predicted molar refractivity (Wildman–Crippen MR) is 80.4 cm³/mol. The molecule has 2 rings (SSSR count). The van der Waals surface area contributed by atoms with Crippen LogP contribution in [0.3, 0.4) is 0 Å². The lowest BCUT2D eigenvalue weighted by Crippen LogP contribution is -2.08. The molecule has 1 nitrogen and oxygen atoms in total. The second-order valence-corrected chi connectivity index (χ2v) is 7.54. The van der Waals surface area contributed by atoms with Gasteiger partial charge in [0.15, 0.2) is 5.78 Å². The minimum absolute atomic E-state index is 0.123. The van der Waals surface area contributed by atoms with Gasteiger partial charge in [0.05, 0.1) is 0 Å². The Labute approximate surface area is 117 Å². The van der Waals surface area contributed by atoms with Gasteiger partial charge in [-0.05, 0) is 34.8 Å². The molecule has 0 aromatic heterocycles. The molecule has 0 aliphatic heterocycles. The number of rotatable bonds is 4. The molecule has 0 heterocycles. The van der Waals surface area contributed by atoms with Crippen molar-refractivity contribution in [2.45, 2.75) is 48.0 Å². The average molecular weight is 258 g/mol. The molecule has 0 radical (unpaired) electrons. The quantitative estimate of drug-likeness (QED) is 0.712. The molecular formula is C18H26O. The van der Waals surface area contributed by atoms with E-state index in [9.17, 15) is 4.79 Å². The number of carbonyl (C=O) groups excluding carboxylic acids is 1. The van der Waals surface area contributed by atoms with E-state index in [0.717, 1.165) is 12.0 Å². The Morgan fingerprint density at radius 2 is 1.74 bits per heavy atom. The van der Waals surface area contributed by atoms with Crippen LogP contribution in [-0.4, -0.2) is 5.78 Å². The van der Waals surface area contributed by atoms with Gasteiger partial charge >= 0.3 is 0 Å². The monoisotopic (exact) mass is 258 g/mol. The highest BCUT2D eigenvalue weighted by atomic mass is 16.1. The molecule has 0 unspecified atom stereocenters. The van der Waals surface area contributed by atoms with Gasteiger partial charge in [-0.15, -0.1) is 0 Å². The van der Waals surface area contributed by atoms with Gasteiger partial charge in [-0.2, -0.15) is 0 Å². The topological polar surface area (TPSA) is 17.1 Å². The number of carbonyl (C=O) groups is 1. The van der Waals surface area contributed by atoms with Crippen LogP contribution in [0.1, 0.15) is 57.5 Å². The molecule has 0 N–H and O–H groups in total. The van der Waals surface area contributed by atoms with Crippen LogP contribution in [0.15, 0.2) is 24.3 Å². The molecule has 1 aromatic rings. The van der Waals surface area contributed by atoms with E-state index in [1.54, 1.807) is 0 Å². The van der Waals surface area contributed by atoms with Crippen molar-refractivity contribution >= 4 is 5.78 Å². The number of ketones is 1. The molecule has 0 bridgehead atoms. The van der Waals surface area contributed by atoms with Crippen molar-refractivity contribution in [2.24, 2.45) is 22.7 Å². The van der Waals surface area contributed by atoms with Crippen LogP contribution < -0.4 is 0 Å². The second-order valence-electron chi connectivity index (χ2n) is 7.54. The first kappa shape index (κ1) is 14.3. The first-order chi connectivity index (χ1) is 8.68. The van der Waals surface area contributed by atoms with Crippen LogP contribution in [0.4, 0.5) is 0 Å². The predicted octanol–water partition coefficient (Wildman–Crippen LogP) is 4.75. The zero-order valence-electron chi connectivity index (χ0n) is 13.1. The molecule has 104 valence electrons. The highest BCUT2D eigenvalue weighted by Gasteiger charge is 2.67. The van der Waals surface area contributed by atoms with E-state index in [-0.39, 0.29) is 16.7 Å². The molecule has 1 aromatic carbocycles. The van der Waals surface area contributed by atoms with Gasteiger partial charge in [-0.1, -0.05) is 59.7 Å². The Kier molecular flexibility index (Phi) is 3.36. The summed E-state index contributed by atoms with van der Waals surface area (Å²) in [6.45, 7) is 13.2. The first-order valence-corrected chi connectivity index (χ1v) is 7.31. The molecular weight excluding hydrogens is 232 g/mol. The Bertz CT molecular complexity index is 480. The maximum atomic E-state index is 12.7. The van der Waals surface area contributed by atoms with Gasteiger partial charge in [0, 0.05) is 11.5 Å². The summed E-state index contributed by atoms with van der Waals surface area (Å²) in [5.41, 5.74) is 2.41. The summed E-state index contributed by atoms with van der Waals surface area (Å²) < 4.78 is 0.